The summed E-state index contributed by atoms with van der Waals surface area (Å²) in [5.74, 6) is 0. The first-order chi connectivity index (χ1) is 5.20. The van der Waals surface area contributed by atoms with Gasteiger partial charge in [-0.3, -0.25) is 4.99 Å². The van der Waals surface area contributed by atoms with Gasteiger partial charge in [0, 0.05) is 5.70 Å². The van der Waals surface area contributed by atoms with Crippen molar-refractivity contribution in [2.75, 3.05) is 0 Å². The molecule has 64 valence electrons. The summed E-state index contributed by atoms with van der Waals surface area (Å²) in [5.41, 5.74) is 2.19. The van der Waals surface area contributed by atoms with E-state index in [1.54, 1.807) is 0 Å². The lowest BCUT2D eigenvalue weighted by Gasteiger charge is -1.89. The van der Waals surface area contributed by atoms with Gasteiger partial charge in [-0.25, -0.2) is 0 Å². The molecule has 0 unspecified atom stereocenters. The monoisotopic (exact) mass is 153 g/mol. The average molecular weight is 153 g/mol. The highest BCUT2D eigenvalue weighted by molar-refractivity contribution is 5.30. The number of nitrogens with zero attached hydrogens (tertiary/aromatic N) is 1. The third-order valence-corrected chi connectivity index (χ3v) is 1.14. The molecule has 0 spiro atoms. The van der Waals surface area contributed by atoms with Gasteiger partial charge in [0.15, 0.2) is 0 Å². The van der Waals surface area contributed by atoms with Crippen molar-refractivity contribution in [1.29, 1.82) is 0 Å². The van der Waals surface area contributed by atoms with Crippen LogP contribution in [0.3, 0.4) is 0 Å². The molecule has 0 saturated heterocycles. The summed E-state index contributed by atoms with van der Waals surface area (Å²) in [5, 5.41) is 0. The zero-order chi connectivity index (χ0) is 9.28. The van der Waals surface area contributed by atoms with Gasteiger partial charge in [0.05, 0.1) is 0 Å². The maximum Gasteiger partial charge on any atom is 0.0367 e. The molecule has 0 aliphatic rings. The molecule has 0 aliphatic carbocycles. The van der Waals surface area contributed by atoms with E-state index in [2.05, 4.69) is 11.7 Å². The molecule has 0 fully saturated rings. The Bertz CT molecular complexity index is 152. The molecular formula is C10H19N. The van der Waals surface area contributed by atoms with Gasteiger partial charge in [0.1, 0.15) is 0 Å². The van der Waals surface area contributed by atoms with Gasteiger partial charge >= 0.3 is 0 Å². The Balaban J connectivity index is 0. The van der Waals surface area contributed by atoms with Crippen LogP contribution in [-0.4, -0.2) is 6.72 Å². The van der Waals surface area contributed by atoms with Gasteiger partial charge in [-0.05, 0) is 33.6 Å². The van der Waals surface area contributed by atoms with E-state index in [-0.39, 0.29) is 0 Å². The summed E-state index contributed by atoms with van der Waals surface area (Å²) in [6, 6.07) is 0. The summed E-state index contributed by atoms with van der Waals surface area (Å²) in [4.78, 5) is 3.75. The summed E-state index contributed by atoms with van der Waals surface area (Å²) >= 11 is 0. The second-order valence-corrected chi connectivity index (χ2v) is 1.98. The third kappa shape index (κ3) is 9.15. The highest BCUT2D eigenvalue weighted by atomic mass is 14.7. The van der Waals surface area contributed by atoms with Crippen molar-refractivity contribution in [3.05, 3.63) is 23.4 Å². The van der Waals surface area contributed by atoms with Crippen molar-refractivity contribution < 1.29 is 0 Å². The first-order valence-corrected chi connectivity index (χ1v) is 3.98. The molecule has 0 radical (unpaired) electrons. The highest BCUT2D eigenvalue weighted by Gasteiger charge is 1.80. The third-order valence-electron chi connectivity index (χ3n) is 1.14. The number of hydrogen-bond donors (Lipinski definition) is 0. The van der Waals surface area contributed by atoms with Gasteiger partial charge in [-0.15, -0.1) is 0 Å². The number of aliphatic imine (C=N–C) groups is 1. The molecule has 0 aromatic carbocycles. The maximum atomic E-state index is 3.75. The summed E-state index contributed by atoms with van der Waals surface area (Å²) in [7, 11) is 0. The summed E-state index contributed by atoms with van der Waals surface area (Å²) < 4.78 is 0. The van der Waals surface area contributed by atoms with Crippen LogP contribution in [0.2, 0.25) is 0 Å². The van der Waals surface area contributed by atoms with Gasteiger partial charge in [-0.1, -0.05) is 25.5 Å². The molecule has 0 heterocycles. The van der Waals surface area contributed by atoms with Crippen LogP contribution < -0.4 is 0 Å². The molecule has 0 aromatic heterocycles. The summed E-state index contributed by atoms with van der Waals surface area (Å²) in [6.45, 7) is 13.4. The van der Waals surface area contributed by atoms with E-state index in [1.165, 1.54) is 5.57 Å². The molecule has 0 aromatic rings. The summed E-state index contributed by atoms with van der Waals surface area (Å²) in [6.07, 6.45) is 4.03. The largest absolute Gasteiger partial charge is 0.269 e. The van der Waals surface area contributed by atoms with Crippen molar-refractivity contribution >= 4 is 6.72 Å². The Morgan fingerprint density at radius 2 is 1.73 bits per heavy atom. The standard InChI is InChI=1S/C8H13N.C2H6/c1-5-7(2)6-8(3)9-4;1-2/h5-6H,4H2,1-3H3;1-2H3/b7-5-,8-6-;. The van der Waals surface area contributed by atoms with Crippen LogP contribution in [-0.2, 0) is 0 Å². The van der Waals surface area contributed by atoms with Crippen molar-refractivity contribution in [3.63, 3.8) is 0 Å². The van der Waals surface area contributed by atoms with E-state index < -0.39 is 0 Å². The lowest BCUT2D eigenvalue weighted by Crippen LogP contribution is -1.69. The molecule has 0 saturated carbocycles. The molecule has 1 heteroatoms. The second kappa shape index (κ2) is 9.15. The van der Waals surface area contributed by atoms with Crippen LogP contribution in [0.1, 0.15) is 34.6 Å². The van der Waals surface area contributed by atoms with E-state index in [0.717, 1.165) is 5.70 Å². The van der Waals surface area contributed by atoms with Crippen LogP contribution in [0.5, 0.6) is 0 Å². The predicted octanol–water partition coefficient (Wildman–Crippen LogP) is 3.58. The molecule has 0 N–H and O–H groups in total. The zero-order valence-electron chi connectivity index (χ0n) is 8.31. The fourth-order valence-electron chi connectivity index (χ4n) is 0.458. The Kier molecular flexibility index (Phi) is 10.6. The van der Waals surface area contributed by atoms with E-state index in [9.17, 15) is 0 Å². The zero-order valence-corrected chi connectivity index (χ0v) is 8.31. The molecule has 11 heavy (non-hydrogen) atoms. The lowest BCUT2D eigenvalue weighted by molar-refractivity contribution is 1.29. The molecule has 0 aliphatic heterocycles. The minimum atomic E-state index is 0.964. The van der Waals surface area contributed by atoms with Gasteiger partial charge in [-0.2, -0.15) is 0 Å². The van der Waals surface area contributed by atoms with Gasteiger partial charge in [0.2, 0.25) is 0 Å². The lowest BCUT2D eigenvalue weighted by atomic mass is 10.2. The van der Waals surface area contributed by atoms with Crippen LogP contribution in [0.4, 0.5) is 0 Å². The van der Waals surface area contributed by atoms with Crippen LogP contribution >= 0.6 is 0 Å². The van der Waals surface area contributed by atoms with Crippen molar-refractivity contribution in [2.24, 2.45) is 4.99 Å². The fourth-order valence-corrected chi connectivity index (χ4v) is 0.458. The van der Waals surface area contributed by atoms with E-state index >= 15 is 0 Å². The maximum absolute atomic E-state index is 3.75. The first kappa shape index (κ1) is 12.8. The Hall–Kier alpha value is -0.850. The quantitative estimate of drug-likeness (QED) is 0.424. The Labute approximate surface area is 70.5 Å². The topological polar surface area (TPSA) is 12.4 Å². The molecule has 0 amide bonds. The molecule has 0 bridgehead atoms. The highest BCUT2D eigenvalue weighted by Crippen LogP contribution is 2.00. The number of allylic oxidation sites excluding steroid dienone is 4. The van der Waals surface area contributed by atoms with Gasteiger partial charge < -0.3 is 0 Å². The fraction of sp³-hybridized carbons (Fsp3) is 0.500. The average Bonchev–Trinajstić information content (AvgIpc) is 2.07. The number of rotatable bonds is 2. The molecular weight excluding hydrogens is 134 g/mol. The predicted molar refractivity (Wildman–Crippen MR) is 54.1 cm³/mol. The second-order valence-electron chi connectivity index (χ2n) is 1.98. The van der Waals surface area contributed by atoms with E-state index in [1.807, 2.05) is 46.8 Å². The molecule has 1 nitrogen and oxygen atoms in total. The first-order valence-electron chi connectivity index (χ1n) is 3.98. The molecule has 0 rings (SSSR count). The normalized spacial score (nSPS) is 11.7. The van der Waals surface area contributed by atoms with Crippen LogP contribution in [0.25, 0.3) is 0 Å². The van der Waals surface area contributed by atoms with Crippen LogP contribution in [0.15, 0.2) is 28.4 Å². The smallest absolute Gasteiger partial charge is 0.0367 e. The van der Waals surface area contributed by atoms with Crippen LogP contribution in [0, 0.1) is 0 Å². The van der Waals surface area contributed by atoms with E-state index in [4.69, 9.17) is 0 Å². The minimum absolute atomic E-state index is 0.964. The molecule has 0 atom stereocenters. The van der Waals surface area contributed by atoms with Crippen molar-refractivity contribution in [2.45, 2.75) is 34.6 Å². The van der Waals surface area contributed by atoms with Gasteiger partial charge in [0.25, 0.3) is 0 Å². The minimum Gasteiger partial charge on any atom is -0.269 e. The Morgan fingerprint density at radius 1 is 1.27 bits per heavy atom. The Morgan fingerprint density at radius 3 is 2.00 bits per heavy atom. The number of hydrogen-bond acceptors (Lipinski definition) is 1. The van der Waals surface area contributed by atoms with E-state index in [0.29, 0.717) is 0 Å². The van der Waals surface area contributed by atoms with Crippen molar-refractivity contribution in [3.8, 4) is 0 Å². The SMILES string of the molecule is C=N/C(C)=C\C(C)=C/C.CC. The van der Waals surface area contributed by atoms with Crippen molar-refractivity contribution in [1.82, 2.24) is 0 Å².